The number of rotatable bonds is 10. The summed E-state index contributed by atoms with van der Waals surface area (Å²) >= 11 is 0. The van der Waals surface area contributed by atoms with E-state index in [1.807, 2.05) is 45.2 Å². The second-order valence-corrected chi connectivity index (χ2v) is 13.7. The van der Waals surface area contributed by atoms with Crippen molar-refractivity contribution in [1.29, 1.82) is 0 Å². The van der Waals surface area contributed by atoms with Crippen LogP contribution in [0.15, 0.2) is 78.1 Å². The molecule has 3 heterocycles. The van der Waals surface area contributed by atoms with Crippen LogP contribution in [-0.4, -0.2) is 148 Å². The molecular weight excluding hydrogens is 1030 g/mol. The van der Waals surface area contributed by atoms with Crippen LogP contribution < -0.4 is 149 Å². The molecule has 0 bridgehead atoms. The summed E-state index contributed by atoms with van der Waals surface area (Å²) in [4.78, 5) is 116. The van der Waals surface area contributed by atoms with E-state index in [0.29, 0.717) is 35.9 Å². The Labute approximate surface area is 530 Å². The zero-order valence-electron chi connectivity index (χ0n) is 44.2. The minimum atomic E-state index is -0.833. The third kappa shape index (κ3) is 33.7. The zero-order chi connectivity index (χ0) is 53.9. The largest absolute Gasteiger partial charge is 1.00 e. The molecule has 0 saturated heterocycles. The molecule has 0 fully saturated rings. The molecule has 0 amide bonds. The van der Waals surface area contributed by atoms with Crippen molar-refractivity contribution in [2.24, 2.45) is 5.73 Å². The Morgan fingerprint density at radius 2 is 1.23 bits per heavy atom. The molecule has 0 spiro atoms. The van der Waals surface area contributed by atoms with Crippen LogP contribution in [0.4, 0.5) is 4.39 Å². The van der Waals surface area contributed by atoms with Crippen molar-refractivity contribution in [3.63, 3.8) is 0 Å². The topological polar surface area (TPSA) is 316 Å². The monoisotopic (exact) mass is 1080 g/mol. The summed E-state index contributed by atoms with van der Waals surface area (Å²) in [5.41, 5.74) is 7.30. The van der Waals surface area contributed by atoms with Crippen LogP contribution in [0.5, 0.6) is 0 Å². The average Bonchev–Trinajstić information content (AvgIpc) is 3.33. The van der Waals surface area contributed by atoms with Gasteiger partial charge in [0, 0.05) is 95.2 Å². The van der Waals surface area contributed by atoms with Crippen LogP contribution >= 0.6 is 0 Å². The first-order chi connectivity index (χ1) is 33.0. The van der Waals surface area contributed by atoms with Crippen LogP contribution in [0.2, 0.25) is 0 Å². The molecule has 3 aromatic heterocycles. The molecule has 0 atom stereocenters. The first kappa shape index (κ1) is 78.2. The Morgan fingerprint density at radius 1 is 0.767 bits per heavy atom. The van der Waals surface area contributed by atoms with Gasteiger partial charge in [-0.3, -0.25) is 33.9 Å². The third-order valence-corrected chi connectivity index (χ3v) is 7.78. The molecule has 5 rings (SSSR count). The van der Waals surface area contributed by atoms with Gasteiger partial charge in [-0.1, -0.05) is 12.1 Å². The van der Waals surface area contributed by atoms with Crippen molar-refractivity contribution in [2.75, 3.05) is 62.0 Å². The van der Waals surface area contributed by atoms with Gasteiger partial charge in [-0.05, 0) is 75.5 Å². The minimum absolute atomic E-state index is 0. The van der Waals surface area contributed by atoms with Gasteiger partial charge >= 0.3 is 156 Å². The van der Waals surface area contributed by atoms with E-state index >= 15 is 0 Å². The smallest absolute Gasteiger partial charge is 1.00 e. The summed E-state index contributed by atoms with van der Waals surface area (Å²) in [5, 5.41) is 18.2. The minimum Gasteiger partial charge on any atom is -1.00 e. The molecule has 23 nitrogen and oxygen atoms in total. The Hall–Kier alpha value is -3.72. The van der Waals surface area contributed by atoms with E-state index in [0.717, 1.165) is 56.2 Å². The van der Waals surface area contributed by atoms with E-state index in [2.05, 4.69) is 47.0 Å². The summed E-state index contributed by atoms with van der Waals surface area (Å²) < 4.78 is 28.6. The number of aliphatic carboxylic acids is 1. The van der Waals surface area contributed by atoms with Crippen molar-refractivity contribution in [3.05, 3.63) is 106 Å². The number of halogens is 1. The molecule has 73 heavy (non-hydrogen) atoms. The number of aromatic nitrogens is 3. The van der Waals surface area contributed by atoms with Crippen molar-refractivity contribution in [3.8, 4) is 11.1 Å². The fourth-order valence-corrected chi connectivity index (χ4v) is 4.90. The van der Waals surface area contributed by atoms with Gasteiger partial charge in [0.25, 0.3) is 18.0 Å². The molecule has 0 aliphatic heterocycles. The van der Waals surface area contributed by atoms with E-state index in [1.54, 1.807) is 35.2 Å². The predicted molar refractivity (Wildman–Crippen MR) is 250 cm³/mol. The number of hydrogen-bond acceptors (Lipinski definition) is 21. The van der Waals surface area contributed by atoms with E-state index in [-0.39, 0.29) is 162 Å². The van der Waals surface area contributed by atoms with Crippen LogP contribution in [0, 0.1) is 5.82 Å². The number of likely N-dealkylation sites (N-methyl/N-ethyl adjacent to an activating group) is 2. The molecule has 2 aromatic carbocycles. The molecule has 3 N–H and O–H groups in total. The maximum absolute atomic E-state index is 14.0. The van der Waals surface area contributed by atoms with Gasteiger partial charge < -0.3 is 59.0 Å². The molecule has 5 aromatic rings. The second kappa shape index (κ2) is 45.7. The third-order valence-electron chi connectivity index (χ3n) is 7.78. The fourth-order valence-electron chi connectivity index (χ4n) is 4.90. The number of nitrogens with two attached hydrogens (primary N) is 1. The van der Waals surface area contributed by atoms with Crippen molar-refractivity contribution < 1.29 is 216 Å². The van der Waals surface area contributed by atoms with Gasteiger partial charge in [-0.15, -0.1) is 0 Å². The Kier molecular flexibility index (Phi) is 48.9. The fraction of sp³-hybridized carbons (Fsp3) is 0.311. The molecule has 381 valence electrons. The van der Waals surface area contributed by atoms with Crippen molar-refractivity contribution in [2.45, 2.75) is 34.2 Å². The summed E-state index contributed by atoms with van der Waals surface area (Å²) in [6.45, 7) is 7.40. The Bertz CT molecular complexity index is 2550. The van der Waals surface area contributed by atoms with Gasteiger partial charge in [-0.2, -0.15) is 0 Å². The summed E-state index contributed by atoms with van der Waals surface area (Å²) in [5.74, 6) is -4.21. The summed E-state index contributed by atoms with van der Waals surface area (Å²) in [6, 6.07) is 12.6. The first-order valence-corrected chi connectivity index (χ1v) is 19.9. The van der Waals surface area contributed by atoms with Gasteiger partial charge in [0.15, 0.2) is 6.29 Å². The maximum Gasteiger partial charge on any atom is 1.00 e. The number of benzene rings is 2. The number of esters is 2. The number of carboxylic acids is 1. The molecule has 28 heteroatoms. The Morgan fingerprint density at radius 3 is 1.63 bits per heavy atom. The Balaban J connectivity index is -0.000000205. The normalized spacial score (nSPS) is 9.10. The SMILES string of the molecule is CC(=O)O.CC(=O)OOC(C)=O.CN(C)CCN.COC(=O)c1ccc(-c2ccncc2C=O)c(F)c1.COC(=O)c1ccc2c3ccncc3c(=O)n(CCN(C)C)c2c1.O=CO[O-].[B-]OC(C)=O.[H-].[K+].[K+].[Na+]. The summed E-state index contributed by atoms with van der Waals surface area (Å²) in [6.07, 6.45) is 6.69. The molecule has 0 aliphatic rings. The summed E-state index contributed by atoms with van der Waals surface area (Å²) in [7, 11) is 14.8. The molecule has 0 saturated carbocycles. The maximum atomic E-state index is 14.0. The van der Waals surface area contributed by atoms with E-state index in [9.17, 15) is 38.0 Å². The van der Waals surface area contributed by atoms with Crippen molar-refractivity contribution in [1.82, 2.24) is 24.3 Å². The van der Waals surface area contributed by atoms with E-state index in [4.69, 9.17) is 30.4 Å². The number of fused-ring (bicyclic) bond motifs is 3. The molecule has 3 radical (unpaired) electrons. The van der Waals surface area contributed by atoms with Crippen molar-refractivity contribution >= 4 is 78.3 Å². The quantitative estimate of drug-likeness (QED) is 0.0328. The number of methoxy groups -OCH3 is 2. The number of nitrogens with zero attached hydrogens (tertiary/aromatic N) is 5. The van der Waals surface area contributed by atoms with Crippen LogP contribution in [0.1, 0.15) is 60.2 Å². The van der Waals surface area contributed by atoms with Crippen LogP contribution in [-0.2, 0) is 59.3 Å². The predicted octanol–water partition coefficient (Wildman–Crippen LogP) is -6.80. The van der Waals surface area contributed by atoms with Crippen LogP contribution in [0.25, 0.3) is 32.8 Å². The molecule has 0 unspecified atom stereocenters. The second-order valence-electron chi connectivity index (χ2n) is 13.7. The zero-order valence-corrected chi connectivity index (χ0v) is 51.4. The van der Waals surface area contributed by atoms with Gasteiger partial charge in [0.05, 0.1) is 36.2 Å². The number of carbonyl (C=O) groups excluding carboxylic acids is 7. The number of carboxylic acid groups (broad SMARTS) is 1. The molecule has 0 aliphatic carbocycles. The number of carbonyl (C=O) groups is 8. The average molecular weight is 1080 g/mol. The number of pyridine rings is 3. The molecular formula is C45H56BFK2N6NaO17. The number of aldehydes is 1. The number of hydrogen-bond donors (Lipinski definition) is 2. The van der Waals surface area contributed by atoms with Gasteiger partial charge in [-0.25, -0.2) is 33.3 Å². The van der Waals surface area contributed by atoms with Crippen LogP contribution in [0.3, 0.4) is 0 Å². The number of ether oxygens (including phenoxy) is 2. The van der Waals surface area contributed by atoms with E-state index in [1.165, 1.54) is 45.7 Å². The van der Waals surface area contributed by atoms with Gasteiger partial charge in [0.1, 0.15) is 5.82 Å². The van der Waals surface area contributed by atoms with Gasteiger partial charge in [0.2, 0.25) is 5.97 Å². The standard InChI is InChI=1S/C18H19N3O3.C14H10FNO3.C4H12N2.C4H6O4.C2H3BO2.C2H4O2.CH2O3.2K.Na.H/c1-20(2)8-9-21-16-10-12(18(23)24-3)4-5-14(16)13-6-7-19-11-15(13)17(21)22;1-19-14(18)9-2-3-12(13(15)6-9)11-4-5-16-7-10(11)8-17;1-6(2)4-3-5;1-3(5)7-8-4(2)6;1-2(4)5-3;1-2(3)4;2-1-4-3;;;;/h4-7,10-11H,8-9H2,1-3H3;2-8H,1H3;3-5H2,1-2H3;1-2H3;1H3;1H3,(H,3,4);1,3H;;;;/q;;;;-1;;;3*+1;-1/p-1. The van der Waals surface area contributed by atoms with E-state index < -0.39 is 41.6 Å². The first-order valence-electron chi connectivity index (χ1n) is 19.9.